The minimum absolute atomic E-state index is 0.732. The zero-order valence-electron chi connectivity index (χ0n) is 7.35. The number of pyridine rings is 1. The van der Waals surface area contributed by atoms with Crippen molar-refractivity contribution in [1.82, 2.24) is 14.6 Å². The molecule has 0 amide bonds. The van der Waals surface area contributed by atoms with Crippen LogP contribution in [0.1, 0.15) is 12.0 Å². The average Bonchev–Trinajstić information content (AvgIpc) is 2.61. The molecule has 0 unspecified atom stereocenters. The lowest BCUT2D eigenvalue weighted by Gasteiger charge is -1.99. The van der Waals surface area contributed by atoms with Crippen LogP contribution in [0.3, 0.4) is 0 Å². The molecule has 0 fully saturated rings. The van der Waals surface area contributed by atoms with Gasteiger partial charge in [0.2, 0.25) is 0 Å². The second kappa shape index (κ2) is 3.53. The van der Waals surface area contributed by atoms with Crippen LogP contribution in [0.4, 0.5) is 0 Å². The maximum atomic E-state index is 5.43. The molecule has 0 aliphatic carbocycles. The van der Waals surface area contributed by atoms with Crippen molar-refractivity contribution < 1.29 is 0 Å². The van der Waals surface area contributed by atoms with Gasteiger partial charge in [0.1, 0.15) is 6.33 Å². The number of nitrogens with two attached hydrogens (primary N) is 1. The van der Waals surface area contributed by atoms with Gasteiger partial charge in [-0.15, -0.1) is 0 Å². The Balaban J connectivity index is 2.26. The van der Waals surface area contributed by atoms with E-state index in [0.29, 0.717) is 0 Å². The van der Waals surface area contributed by atoms with Crippen molar-refractivity contribution in [3.8, 4) is 0 Å². The van der Waals surface area contributed by atoms with E-state index in [4.69, 9.17) is 5.73 Å². The molecule has 0 spiro atoms. The average molecular weight is 176 g/mol. The van der Waals surface area contributed by atoms with E-state index < -0.39 is 0 Å². The molecule has 2 aromatic heterocycles. The summed E-state index contributed by atoms with van der Waals surface area (Å²) in [7, 11) is 0. The first-order valence-electron chi connectivity index (χ1n) is 4.38. The number of aryl methyl sites for hydroxylation is 1. The summed E-state index contributed by atoms with van der Waals surface area (Å²) in [5.74, 6) is 0. The molecule has 0 saturated carbocycles. The second-order valence-electron chi connectivity index (χ2n) is 2.99. The molecule has 0 aromatic carbocycles. The molecule has 2 N–H and O–H groups in total. The summed E-state index contributed by atoms with van der Waals surface area (Å²) in [5.41, 5.74) is 7.57. The molecule has 4 nitrogen and oxygen atoms in total. The van der Waals surface area contributed by atoms with Gasteiger partial charge in [0, 0.05) is 6.20 Å². The van der Waals surface area contributed by atoms with E-state index >= 15 is 0 Å². The lowest BCUT2D eigenvalue weighted by molar-refractivity contribution is 0.819. The molecule has 2 rings (SSSR count). The van der Waals surface area contributed by atoms with E-state index in [1.54, 1.807) is 10.8 Å². The maximum Gasteiger partial charge on any atom is 0.155 e. The van der Waals surface area contributed by atoms with Gasteiger partial charge >= 0.3 is 0 Å². The highest BCUT2D eigenvalue weighted by Crippen LogP contribution is 2.04. The van der Waals surface area contributed by atoms with E-state index in [0.717, 1.165) is 25.0 Å². The molecule has 0 aliphatic heterocycles. The molecule has 13 heavy (non-hydrogen) atoms. The second-order valence-corrected chi connectivity index (χ2v) is 2.99. The number of aromatic nitrogens is 3. The van der Waals surface area contributed by atoms with Gasteiger partial charge in [0.05, 0.1) is 0 Å². The van der Waals surface area contributed by atoms with Crippen LogP contribution in [-0.2, 0) is 6.42 Å². The monoisotopic (exact) mass is 176 g/mol. The molecule has 2 heterocycles. The zero-order valence-corrected chi connectivity index (χ0v) is 7.35. The molecule has 0 aliphatic rings. The minimum atomic E-state index is 0.732. The third kappa shape index (κ3) is 1.67. The van der Waals surface area contributed by atoms with Gasteiger partial charge in [-0.2, -0.15) is 5.10 Å². The van der Waals surface area contributed by atoms with Crippen LogP contribution < -0.4 is 5.73 Å². The molecule has 0 bridgehead atoms. The lowest BCUT2D eigenvalue weighted by atomic mass is 10.1. The fourth-order valence-corrected chi connectivity index (χ4v) is 1.31. The Kier molecular flexibility index (Phi) is 2.23. The number of rotatable bonds is 3. The normalized spacial score (nSPS) is 10.8. The first-order valence-corrected chi connectivity index (χ1v) is 4.38. The Bertz CT molecular complexity index is 393. The first-order chi connectivity index (χ1) is 6.40. The fourth-order valence-electron chi connectivity index (χ4n) is 1.31. The van der Waals surface area contributed by atoms with Crippen LogP contribution in [0.25, 0.3) is 5.65 Å². The van der Waals surface area contributed by atoms with Crippen molar-refractivity contribution >= 4 is 5.65 Å². The topological polar surface area (TPSA) is 56.2 Å². The van der Waals surface area contributed by atoms with E-state index in [1.165, 1.54) is 5.56 Å². The maximum absolute atomic E-state index is 5.43. The quantitative estimate of drug-likeness (QED) is 0.745. The van der Waals surface area contributed by atoms with Gasteiger partial charge in [0.15, 0.2) is 5.65 Å². The van der Waals surface area contributed by atoms with Crippen molar-refractivity contribution in [1.29, 1.82) is 0 Å². The summed E-state index contributed by atoms with van der Waals surface area (Å²) in [4.78, 5) is 4.07. The molecule has 0 saturated heterocycles. The predicted molar refractivity (Wildman–Crippen MR) is 50.4 cm³/mol. The van der Waals surface area contributed by atoms with Crippen LogP contribution in [0.5, 0.6) is 0 Å². The molecular weight excluding hydrogens is 164 g/mol. The summed E-state index contributed by atoms with van der Waals surface area (Å²) in [6.45, 7) is 0.732. The van der Waals surface area contributed by atoms with Crippen LogP contribution in [0, 0.1) is 0 Å². The summed E-state index contributed by atoms with van der Waals surface area (Å²) in [5, 5.41) is 4.06. The largest absolute Gasteiger partial charge is 0.330 e. The van der Waals surface area contributed by atoms with Gasteiger partial charge < -0.3 is 5.73 Å². The van der Waals surface area contributed by atoms with E-state index in [9.17, 15) is 0 Å². The zero-order chi connectivity index (χ0) is 9.10. The molecule has 0 radical (unpaired) electrons. The molecule has 2 aromatic rings. The van der Waals surface area contributed by atoms with Crippen LogP contribution in [0.2, 0.25) is 0 Å². The Labute approximate surface area is 76.4 Å². The highest BCUT2D eigenvalue weighted by Gasteiger charge is 1.96. The van der Waals surface area contributed by atoms with Crippen molar-refractivity contribution in [2.24, 2.45) is 5.73 Å². The third-order valence-electron chi connectivity index (χ3n) is 2.00. The van der Waals surface area contributed by atoms with Gasteiger partial charge in [0.25, 0.3) is 0 Å². The highest BCUT2D eigenvalue weighted by molar-refractivity contribution is 5.37. The Morgan fingerprint density at radius 1 is 1.38 bits per heavy atom. The summed E-state index contributed by atoms with van der Waals surface area (Å²) >= 11 is 0. The van der Waals surface area contributed by atoms with Crippen molar-refractivity contribution in [3.05, 3.63) is 30.2 Å². The first kappa shape index (κ1) is 8.19. The molecule has 0 atom stereocenters. The van der Waals surface area contributed by atoms with Gasteiger partial charge in [-0.25, -0.2) is 9.50 Å². The summed E-state index contributed by atoms with van der Waals surface area (Å²) in [6.07, 6.45) is 5.58. The van der Waals surface area contributed by atoms with Crippen molar-refractivity contribution in [2.75, 3.05) is 6.54 Å². The van der Waals surface area contributed by atoms with E-state index in [2.05, 4.69) is 16.1 Å². The number of hydrogen-bond donors (Lipinski definition) is 1. The lowest BCUT2D eigenvalue weighted by Crippen LogP contribution is -2.01. The van der Waals surface area contributed by atoms with Crippen molar-refractivity contribution in [2.45, 2.75) is 12.8 Å². The summed E-state index contributed by atoms with van der Waals surface area (Å²) in [6, 6.07) is 4.04. The van der Waals surface area contributed by atoms with E-state index in [1.807, 2.05) is 12.3 Å². The summed E-state index contributed by atoms with van der Waals surface area (Å²) < 4.78 is 1.78. The predicted octanol–water partition coefficient (Wildman–Crippen LogP) is 0.621. The molecule has 68 valence electrons. The van der Waals surface area contributed by atoms with E-state index in [-0.39, 0.29) is 0 Å². The SMILES string of the molecule is NCCCc1ccc2ncnn2c1. The van der Waals surface area contributed by atoms with Gasteiger partial charge in [-0.3, -0.25) is 0 Å². The standard InChI is InChI=1S/C9H12N4/c10-5-1-2-8-3-4-9-11-7-12-13(9)6-8/h3-4,6-7H,1-2,5,10H2. The van der Waals surface area contributed by atoms with Crippen molar-refractivity contribution in [3.63, 3.8) is 0 Å². The smallest absolute Gasteiger partial charge is 0.155 e. The molecular formula is C9H12N4. The van der Waals surface area contributed by atoms with Crippen LogP contribution >= 0.6 is 0 Å². The Morgan fingerprint density at radius 2 is 2.31 bits per heavy atom. The van der Waals surface area contributed by atoms with Crippen LogP contribution in [-0.4, -0.2) is 21.1 Å². The number of nitrogens with zero attached hydrogens (tertiary/aromatic N) is 3. The number of fused-ring (bicyclic) bond motifs is 1. The Hall–Kier alpha value is -1.42. The fraction of sp³-hybridized carbons (Fsp3) is 0.333. The minimum Gasteiger partial charge on any atom is -0.330 e. The highest BCUT2D eigenvalue weighted by atomic mass is 15.3. The third-order valence-corrected chi connectivity index (χ3v) is 2.00. The van der Waals surface area contributed by atoms with Gasteiger partial charge in [-0.1, -0.05) is 6.07 Å². The van der Waals surface area contributed by atoms with Gasteiger partial charge in [-0.05, 0) is 31.0 Å². The number of hydrogen-bond acceptors (Lipinski definition) is 3. The van der Waals surface area contributed by atoms with Crippen LogP contribution in [0.15, 0.2) is 24.7 Å². The molecule has 4 heteroatoms. The Morgan fingerprint density at radius 3 is 3.15 bits per heavy atom.